The molecule has 106 valence electrons. The highest BCUT2D eigenvalue weighted by molar-refractivity contribution is 4.91. The fraction of sp³-hybridized carbons (Fsp3) is 1.00. The molecule has 0 aromatic heterocycles. The summed E-state index contributed by atoms with van der Waals surface area (Å²) in [6, 6.07) is 0.707. The largest absolute Gasteiger partial charge is 0.381 e. The normalized spacial score (nSPS) is 34.8. The van der Waals surface area contributed by atoms with Crippen molar-refractivity contribution in [3.8, 4) is 0 Å². The Hall–Kier alpha value is -0.120. The van der Waals surface area contributed by atoms with Gasteiger partial charge in [0.2, 0.25) is 0 Å². The topological polar surface area (TPSA) is 24.5 Å². The van der Waals surface area contributed by atoms with Crippen molar-refractivity contribution in [2.45, 2.75) is 58.0 Å². The van der Waals surface area contributed by atoms with E-state index in [1.807, 2.05) is 0 Å². The van der Waals surface area contributed by atoms with E-state index in [4.69, 9.17) is 4.74 Å². The zero-order valence-electron chi connectivity index (χ0n) is 12.4. The van der Waals surface area contributed by atoms with Crippen LogP contribution in [0.15, 0.2) is 0 Å². The Balaban J connectivity index is 2.00. The molecule has 2 aliphatic heterocycles. The first kappa shape index (κ1) is 14.3. The van der Waals surface area contributed by atoms with Crippen LogP contribution in [0.3, 0.4) is 0 Å². The molecular weight excluding hydrogens is 224 g/mol. The van der Waals surface area contributed by atoms with Gasteiger partial charge in [0.15, 0.2) is 0 Å². The summed E-state index contributed by atoms with van der Waals surface area (Å²) in [6.45, 7) is 12.6. The van der Waals surface area contributed by atoms with E-state index in [-0.39, 0.29) is 0 Å². The van der Waals surface area contributed by atoms with Crippen molar-refractivity contribution in [1.82, 2.24) is 10.2 Å². The number of nitrogens with zero attached hydrogens (tertiary/aromatic N) is 1. The van der Waals surface area contributed by atoms with Crippen molar-refractivity contribution in [3.63, 3.8) is 0 Å². The van der Waals surface area contributed by atoms with E-state index >= 15 is 0 Å². The Morgan fingerprint density at radius 1 is 1.33 bits per heavy atom. The van der Waals surface area contributed by atoms with E-state index < -0.39 is 0 Å². The molecule has 2 unspecified atom stereocenters. The second-order valence-corrected chi connectivity index (χ2v) is 6.46. The van der Waals surface area contributed by atoms with Crippen LogP contribution in [0, 0.1) is 5.92 Å². The molecule has 0 spiro atoms. The minimum Gasteiger partial charge on any atom is -0.381 e. The molecule has 2 atom stereocenters. The van der Waals surface area contributed by atoms with E-state index in [9.17, 15) is 0 Å². The molecular formula is C15H30N2O. The van der Waals surface area contributed by atoms with Crippen LogP contribution in [0.2, 0.25) is 0 Å². The highest BCUT2D eigenvalue weighted by atomic mass is 16.5. The fourth-order valence-electron chi connectivity index (χ4n) is 3.28. The predicted molar refractivity (Wildman–Crippen MR) is 75.9 cm³/mol. The summed E-state index contributed by atoms with van der Waals surface area (Å²) in [6.07, 6.45) is 4.94. The van der Waals surface area contributed by atoms with Crippen LogP contribution in [0.1, 0.15) is 46.5 Å². The van der Waals surface area contributed by atoms with Gasteiger partial charge in [-0.25, -0.2) is 0 Å². The lowest BCUT2D eigenvalue weighted by molar-refractivity contribution is -0.0284. The van der Waals surface area contributed by atoms with Crippen LogP contribution < -0.4 is 5.32 Å². The van der Waals surface area contributed by atoms with E-state index in [1.54, 1.807) is 0 Å². The third-order valence-electron chi connectivity index (χ3n) is 4.86. The molecule has 0 saturated carbocycles. The van der Waals surface area contributed by atoms with Gasteiger partial charge >= 0.3 is 0 Å². The lowest BCUT2D eigenvalue weighted by atomic mass is 9.88. The molecule has 0 aliphatic carbocycles. The summed E-state index contributed by atoms with van der Waals surface area (Å²) in [4.78, 5) is 2.75. The number of hydrogen-bond donors (Lipinski definition) is 1. The smallest absolute Gasteiger partial charge is 0.0483 e. The van der Waals surface area contributed by atoms with E-state index in [2.05, 4.69) is 31.0 Å². The number of nitrogens with one attached hydrogen (secondary N) is 1. The van der Waals surface area contributed by atoms with E-state index in [0.717, 1.165) is 19.1 Å². The lowest BCUT2D eigenvalue weighted by Gasteiger charge is -2.46. The van der Waals surface area contributed by atoms with Gasteiger partial charge in [-0.3, -0.25) is 4.90 Å². The molecule has 18 heavy (non-hydrogen) atoms. The molecule has 2 aliphatic rings. The summed E-state index contributed by atoms with van der Waals surface area (Å²) in [5, 5.41) is 3.71. The van der Waals surface area contributed by atoms with Crippen molar-refractivity contribution in [3.05, 3.63) is 0 Å². The standard InChI is InChI=1S/C15H30N2O/c1-4-14-5-8-17(12-13(2)11-16-14)15(3)6-9-18-10-7-15/h13-14,16H,4-12H2,1-3H3. The van der Waals surface area contributed by atoms with Gasteiger partial charge in [0.25, 0.3) is 0 Å². The maximum absolute atomic E-state index is 5.54. The van der Waals surface area contributed by atoms with Gasteiger partial charge in [-0.15, -0.1) is 0 Å². The monoisotopic (exact) mass is 254 g/mol. The quantitative estimate of drug-likeness (QED) is 0.818. The Morgan fingerprint density at radius 3 is 2.72 bits per heavy atom. The van der Waals surface area contributed by atoms with Crippen LogP contribution in [0.4, 0.5) is 0 Å². The highest BCUT2D eigenvalue weighted by Crippen LogP contribution is 2.29. The van der Waals surface area contributed by atoms with Gasteiger partial charge in [-0.05, 0) is 45.1 Å². The van der Waals surface area contributed by atoms with Gasteiger partial charge in [-0.2, -0.15) is 0 Å². The minimum atomic E-state index is 0.377. The summed E-state index contributed by atoms with van der Waals surface area (Å²) >= 11 is 0. The first-order chi connectivity index (χ1) is 8.64. The minimum absolute atomic E-state index is 0.377. The molecule has 3 heteroatoms. The first-order valence-electron chi connectivity index (χ1n) is 7.70. The molecule has 0 aromatic rings. The van der Waals surface area contributed by atoms with Crippen molar-refractivity contribution in [1.29, 1.82) is 0 Å². The van der Waals surface area contributed by atoms with E-state index in [1.165, 1.54) is 45.3 Å². The van der Waals surface area contributed by atoms with E-state index in [0.29, 0.717) is 11.6 Å². The van der Waals surface area contributed by atoms with Crippen LogP contribution in [-0.2, 0) is 4.74 Å². The molecule has 2 heterocycles. The highest BCUT2D eigenvalue weighted by Gasteiger charge is 2.35. The lowest BCUT2D eigenvalue weighted by Crippen LogP contribution is -2.54. The Bertz CT molecular complexity index is 251. The van der Waals surface area contributed by atoms with Crippen molar-refractivity contribution in [2.75, 3.05) is 32.8 Å². The Kier molecular flexibility index (Phi) is 5.05. The summed E-state index contributed by atoms with van der Waals surface area (Å²) in [7, 11) is 0. The molecule has 0 bridgehead atoms. The maximum Gasteiger partial charge on any atom is 0.0483 e. The van der Waals surface area contributed by atoms with Gasteiger partial charge in [-0.1, -0.05) is 13.8 Å². The van der Waals surface area contributed by atoms with Crippen LogP contribution in [0.25, 0.3) is 0 Å². The molecule has 0 radical (unpaired) electrons. The number of ether oxygens (including phenoxy) is 1. The maximum atomic E-state index is 5.54. The van der Waals surface area contributed by atoms with Gasteiger partial charge in [0.05, 0.1) is 0 Å². The summed E-state index contributed by atoms with van der Waals surface area (Å²) in [5.41, 5.74) is 0.377. The third kappa shape index (κ3) is 3.46. The van der Waals surface area contributed by atoms with Crippen molar-refractivity contribution in [2.24, 2.45) is 5.92 Å². The molecule has 2 saturated heterocycles. The van der Waals surface area contributed by atoms with Crippen molar-refractivity contribution < 1.29 is 4.74 Å². The molecule has 0 amide bonds. The average Bonchev–Trinajstić information content (AvgIpc) is 2.35. The zero-order valence-corrected chi connectivity index (χ0v) is 12.4. The second-order valence-electron chi connectivity index (χ2n) is 6.46. The Labute approximate surface area is 112 Å². The number of hydrogen-bond acceptors (Lipinski definition) is 3. The second kappa shape index (κ2) is 6.36. The number of rotatable bonds is 2. The van der Waals surface area contributed by atoms with Crippen molar-refractivity contribution >= 4 is 0 Å². The average molecular weight is 254 g/mol. The zero-order chi connectivity index (χ0) is 13.0. The van der Waals surface area contributed by atoms with Crippen LogP contribution in [-0.4, -0.2) is 49.3 Å². The Morgan fingerprint density at radius 2 is 2.06 bits per heavy atom. The predicted octanol–water partition coefficient (Wildman–Crippen LogP) is 2.27. The molecule has 2 rings (SSSR count). The third-order valence-corrected chi connectivity index (χ3v) is 4.86. The molecule has 1 N–H and O–H groups in total. The summed E-state index contributed by atoms with van der Waals surface area (Å²) in [5.74, 6) is 0.749. The van der Waals surface area contributed by atoms with Gasteiger partial charge in [0.1, 0.15) is 0 Å². The van der Waals surface area contributed by atoms with Gasteiger partial charge < -0.3 is 10.1 Å². The fourth-order valence-corrected chi connectivity index (χ4v) is 3.28. The molecule has 0 aromatic carbocycles. The summed E-state index contributed by atoms with van der Waals surface area (Å²) < 4.78 is 5.54. The SMILES string of the molecule is CCC1CCN(C2(C)CCOCC2)CC(C)CN1. The van der Waals surface area contributed by atoms with Crippen LogP contribution >= 0.6 is 0 Å². The van der Waals surface area contributed by atoms with Gasteiger partial charge in [0, 0.05) is 37.9 Å². The molecule has 2 fully saturated rings. The first-order valence-corrected chi connectivity index (χ1v) is 7.70. The molecule has 3 nitrogen and oxygen atoms in total. The van der Waals surface area contributed by atoms with Crippen LogP contribution in [0.5, 0.6) is 0 Å².